The maximum atomic E-state index is 11.6. The molecule has 27 heavy (non-hydrogen) atoms. The van der Waals surface area contributed by atoms with E-state index in [1.807, 2.05) is 18.2 Å². The van der Waals surface area contributed by atoms with E-state index in [1.54, 1.807) is 42.3 Å². The summed E-state index contributed by atoms with van der Waals surface area (Å²) in [6.07, 6.45) is 0. The normalized spacial score (nSPS) is 11.8. The molecule has 0 aliphatic rings. The molecule has 0 saturated carbocycles. The first-order chi connectivity index (χ1) is 13.0. The Labute approximate surface area is 153 Å². The fraction of sp³-hybridized carbons (Fsp3) is 0.0500. The molecule has 0 radical (unpaired) electrons. The van der Waals surface area contributed by atoms with Crippen molar-refractivity contribution < 1.29 is 8.83 Å². The zero-order valence-corrected chi connectivity index (χ0v) is 14.4. The van der Waals surface area contributed by atoms with E-state index in [-0.39, 0.29) is 5.96 Å². The Balaban J connectivity index is 1.83. The van der Waals surface area contributed by atoms with Crippen molar-refractivity contribution in [1.82, 2.24) is 0 Å². The van der Waals surface area contributed by atoms with Crippen molar-refractivity contribution >= 4 is 39.3 Å². The van der Waals surface area contributed by atoms with Crippen molar-refractivity contribution in [1.29, 1.82) is 0 Å². The minimum absolute atomic E-state index is 0.146. The van der Waals surface area contributed by atoms with Crippen LogP contribution in [0.4, 0.5) is 11.4 Å². The van der Waals surface area contributed by atoms with Crippen molar-refractivity contribution in [3.63, 3.8) is 0 Å². The molecule has 0 fully saturated rings. The Kier molecular flexibility index (Phi) is 3.97. The van der Waals surface area contributed by atoms with Gasteiger partial charge in [-0.2, -0.15) is 0 Å². The largest absolute Gasteiger partial charge is 0.420 e. The number of guanidine groups is 1. The maximum Gasteiger partial charge on any atom is 0.336 e. The third-order valence-electron chi connectivity index (χ3n) is 4.19. The molecule has 0 aliphatic carbocycles. The molecule has 0 amide bonds. The number of hydrogen-bond acceptors (Lipinski definition) is 5. The van der Waals surface area contributed by atoms with Crippen LogP contribution in [0.15, 0.2) is 84.1 Å². The highest BCUT2D eigenvalue weighted by Gasteiger charge is 2.13. The van der Waals surface area contributed by atoms with Crippen molar-refractivity contribution in [2.45, 2.75) is 0 Å². The SMILES string of the molecule is CN(C(N)=Nc1cccc2ccc(=O)oc12)c1cccc2ccc(=O)oc12. The van der Waals surface area contributed by atoms with Gasteiger partial charge in [-0.05, 0) is 24.3 Å². The van der Waals surface area contributed by atoms with Gasteiger partial charge in [0.25, 0.3) is 0 Å². The summed E-state index contributed by atoms with van der Waals surface area (Å²) in [5, 5.41) is 1.50. The standard InChI is InChI=1S/C20H15N3O4/c1-23(15-7-3-5-13-9-11-17(25)27-19(13)15)20(21)22-14-6-2-4-12-8-10-16(24)26-18(12)14/h2-11H,1H3,(H2,21,22). The van der Waals surface area contributed by atoms with Crippen LogP contribution in [-0.4, -0.2) is 13.0 Å². The van der Waals surface area contributed by atoms with Crippen LogP contribution < -0.4 is 21.9 Å². The average molecular weight is 361 g/mol. The van der Waals surface area contributed by atoms with E-state index in [9.17, 15) is 9.59 Å². The van der Waals surface area contributed by atoms with Crippen LogP contribution in [-0.2, 0) is 0 Å². The Morgan fingerprint density at radius 1 is 0.852 bits per heavy atom. The lowest BCUT2D eigenvalue weighted by atomic mass is 10.2. The van der Waals surface area contributed by atoms with Gasteiger partial charge in [0.15, 0.2) is 11.2 Å². The van der Waals surface area contributed by atoms with Gasteiger partial charge in [0.05, 0.1) is 5.69 Å². The van der Waals surface area contributed by atoms with Crippen molar-refractivity contribution in [3.05, 3.63) is 81.5 Å². The summed E-state index contributed by atoms with van der Waals surface area (Å²) in [5.74, 6) is 0.146. The smallest absolute Gasteiger partial charge is 0.336 e. The van der Waals surface area contributed by atoms with Gasteiger partial charge < -0.3 is 19.5 Å². The molecule has 7 heteroatoms. The predicted octanol–water partition coefficient (Wildman–Crippen LogP) is 2.98. The number of nitrogens with zero attached hydrogens (tertiary/aromatic N) is 2. The quantitative estimate of drug-likeness (QED) is 0.334. The number of nitrogens with two attached hydrogens (primary N) is 1. The fourth-order valence-corrected chi connectivity index (χ4v) is 2.83. The molecule has 4 rings (SSSR count). The number of para-hydroxylation sites is 2. The lowest BCUT2D eigenvalue weighted by Crippen LogP contribution is -2.33. The van der Waals surface area contributed by atoms with E-state index in [4.69, 9.17) is 14.6 Å². The number of aliphatic imine (C=N–C) groups is 1. The first kappa shape index (κ1) is 16.6. The van der Waals surface area contributed by atoms with Gasteiger partial charge in [0.2, 0.25) is 5.96 Å². The highest BCUT2D eigenvalue weighted by Crippen LogP contribution is 2.27. The summed E-state index contributed by atoms with van der Waals surface area (Å²) in [4.78, 5) is 29.2. The van der Waals surface area contributed by atoms with Gasteiger partial charge in [0, 0.05) is 30.0 Å². The molecule has 0 unspecified atom stereocenters. The number of benzene rings is 2. The van der Waals surface area contributed by atoms with E-state index in [1.165, 1.54) is 12.1 Å². The summed E-state index contributed by atoms with van der Waals surface area (Å²) in [7, 11) is 1.71. The second kappa shape index (κ2) is 6.45. The van der Waals surface area contributed by atoms with Gasteiger partial charge in [-0.1, -0.05) is 24.3 Å². The fourth-order valence-electron chi connectivity index (χ4n) is 2.83. The molecule has 4 aromatic rings. The van der Waals surface area contributed by atoms with Crippen LogP contribution in [0.25, 0.3) is 21.9 Å². The van der Waals surface area contributed by atoms with Gasteiger partial charge in [-0.25, -0.2) is 14.6 Å². The van der Waals surface area contributed by atoms with E-state index in [0.29, 0.717) is 22.5 Å². The predicted molar refractivity (Wildman–Crippen MR) is 105 cm³/mol. The number of hydrogen-bond donors (Lipinski definition) is 1. The van der Waals surface area contributed by atoms with Crippen molar-refractivity contribution in [2.24, 2.45) is 10.7 Å². The highest BCUT2D eigenvalue weighted by molar-refractivity contribution is 6.03. The average Bonchev–Trinajstić information content (AvgIpc) is 2.67. The third-order valence-corrected chi connectivity index (χ3v) is 4.19. The molecule has 0 saturated heterocycles. The molecule has 134 valence electrons. The van der Waals surface area contributed by atoms with Gasteiger partial charge in [-0.15, -0.1) is 0 Å². The monoisotopic (exact) mass is 361 g/mol. The molecule has 2 heterocycles. The van der Waals surface area contributed by atoms with Crippen LogP contribution >= 0.6 is 0 Å². The molecule has 2 aromatic carbocycles. The first-order valence-electron chi connectivity index (χ1n) is 8.16. The summed E-state index contributed by atoms with van der Waals surface area (Å²) in [6.45, 7) is 0. The molecular formula is C20H15N3O4. The van der Waals surface area contributed by atoms with Crippen molar-refractivity contribution in [3.8, 4) is 0 Å². The number of fused-ring (bicyclic) bond motifs is 2. The second-order valence-corrected chi connectivity index (χ2v) is 5.93. The topological polar surface area (TPSA) is 102 Å². The van der Waals surface area contributed by atoms with Gasteiger partial charge in [0.1, 0.15) is 5.69 Å². The Morgan fingerprint density at radius 2 is 1.44 bits per heavy atom. The van der Waals surface area contributed by atoms with Gasteiger partial charge in [-0.3, -0.25) is 0 Å². The van der Waals surface area contributed by atoms with E-state index >= 15 is 0 Å². The Hall–Kier alpha value is -3.87. The van der Waals surface area contributed by atoms with E-state index in [0.717, 1.165) is 10.8 Å². The second-order valence-electron chi connectivity index (χ2n) is 5.93. The summed E-state index contributed by atoms with van der Waals surface area (Å²) < 4.78 is 10.6. The van der Waals surface area contributed by atoms with Crippen LogP contribution in [0, 0.1) is 0 Å². The van der Waals surface area contributed by atoms with Gasteiger partial charge >= 0.3 is 11.3 Å². The highest BCUT2D eigenvalue weighted by atomic mass is 16.4. The summed E-state index contributed by atoms with van der Waals surface area (Å²) in [5.41, 5.74) is 7.04. The van der Waals surface area contributed by atoms with Crippen LogP contribution in [0.1, 0.15) is 0 Å². The minimum Gasteiger partial charge on any atom is -0.420 e. The van der Waals surface area contributed by atoms with E-state index < -0.39 is 11.3 Å². The zero-order valence-electron chi connectivity index (χ0n) is 14.4. The van der Waals surface area contributed by atoms with Crippen LogP contribution in [0.5, 0.6) is 0 Å². The zero-order chi connectivity index (χ0) is 19.0. The lowest BCUT2D eigenvalue weighted by Gasteiger charge is -2.19. The number of rotatable bonds is 2. The van der Waals surface area contributed by atoms with Crippen LogP contribution in [0.2, 0.25) is 0 Å². The first-order valence-corrected chi connectivity index (χ1v) is 8.16. The third kappa shape index (κ3) is 3.06. The summed E-state index contributed by atoms with van der Waals surface area (Å²) in [6, 6.07) is 16.8. The maximum absolute atomic E-state index is 11.6. The van der Waals surface area contributed by atoms with Crippen molar-refractivity contribution in [2.75, 3.05) is 11.9 Å². The molecule has 0 spiro atoms. The molecule has 0 atom stereocenters. The number of anilines is 1. The molecule has 0 aliphatic heterocycles. The molecular weight excluding hydrogens is 346 g/mol. The molecule has 2 aromatic heterocycles. The molecule has 2 N–H and O–H groups in total. The Bertz CT molecular complexity index is 1300. The molecule has 7 nitrogen and oxygen atoms in total. The minimum atomic E-state index is -0.465. The van der Waals surface area contributed by atoms with E-state index in [2.05, 4.69) is 4.99 Å². The van der Waals surface area contributed by atoms with Crippen LogP contribution in [0.3, 0.4) is 0 Å². The summed E-state index contributed by atoms with van der Waals surface area (Å²) >= 11 is 0. The lowest BCUT2D eigenvalue weighted by molar-refractivity contribution is 0.561. The molecule has 0 bridgehead atoms. The Morgan fingerprint density at radius 3 is 2.15 bits per heavy atom.